The molecule has 0 unspecified atom stereocenters. The number of nitrogens with zero attached hydrogens (tertiary/aromatic N) is 3. The number of fused-ring (bicyclic) bond motifs is 1. The average molecular weight is 135 g/mol. The molecule has 2 aromatic heterocycles. The van der Waals surface area contributed by atoms with Crippen molar-refractivity contribution in [1.82, 2.24) is 15.1 Å². The van der Waals surface area contributed by atoms with Gasteiger partial charge in [0.1, 0.15) is 6.33 Å². The number of rotatable bonds is 0. The topological polar surface area (TPSA) is 51.8 Å². The van der Waals surface area contributed by atoms with E-state index in [4.69, 9.17) is 4.52 Å². The lowest BCUT2D eigenvalue weighted by atomic mass is 10.3. The van der Waals surface area contributed by atoms with E-state index >= 15 is 0 Å². The first kappa shape index (κ1) is 5.34. The Morgan fingerprint density at radius 2 is 2.40 bits per heavy atom. The van der Waals surface area contributed by atoms with E-state index in [0.29, 0.717) is 5.71 Å². The molecule has 0 radical (unpaired) electrons. The van der Waals surface area contributed by atoms with E-state index in [2.05, 4.69) is 15.1 Å². The van der Waals surface area contributed by atoms with Crippen LogP contribution in [-0.4, -0.2) is 15.1 Å². The van der Waals surface area contributed by atoms with Crippen molar-refractivity contribution in [3.63, 3.8) is 0 Å². The summed E-state index contributed by atoms with van der Waals surface area (Å²) in [5.41, 5.74) is 1.38. The van der Waals surface area contributed by atoms with Crippen LogP contribution >= 0.6 is 0 Å². The molecule has 0 N–H and O–H groups in total. The van der Waals surface area contributed by atoms with Gasteiger partial charge in [0.25, 0.3) is 5.71 Å². The van der Waals surface area contributed by atoms with Gasteiger partial charge < -0.3 is 4.52 Å². The molecule has 0 aliphatic carbocycles. The zero-order valence-corrected chi connectivity index (χ0v) is 5.40. The summed E-state index contributed by atoms with van der Waals surface area (Å²) in [6, 6.07) is 0. The molecule has 0 amide bonds. The van der Waals surface area contributed by atoms with E-state index in [1.165, 1.54) is 6.33 Å². The minimum absolute atomic E-state index is 0.549. The Balaban J connectivity index is 2.93. The molecule has 2 aromatic rings. The largest absolute Gasteiger partial charge is 0.335 e. The summed E-state index contributed by atoms with van der Waals surface area (Å²) in [6.45, 7) is 1.86. The third kappa shape index (κ3) is 0.586. The monoisotopic (exact) mass is 135 g/mol. The van der Waals surface area contributed by atoms with Crippen LogP contribution in [0.4, 0.5) is 0 Å². The van der Waals surface area contributed by atoms with Gasteiger partial charge in [0.2, 0.25) is 0 Å². The van der Waals surface area contributed by atoms with Crippen LogP contribution in [0.5, 0.6) is 0 Å². The third-order valence-electron chi connectivity index (χ3n) is 1.33. The Labute approximate surface area is 56.9 Å². The maximum absolute atomic E-state index is 4.85. The minimum Gasteiger partial charge on any atom is -0.335 e. The minimum atomic E-state index is 0.549. The molecule has 0 bridgehead atoms. The first-order chi connectivity index (χ1) is 4.88. The average Bonchev–Trinajstić information content (AvgIpc) is 2.34. The fourth-order valence-electron chi connectivity index (χ4n) is 0.800. The molecule has 0 saturated carbocycles. The van der Waals surface area contributed by atoms with Gasteiger partial charge in [-0.1, -0.05) is 5.16 Å². The van der Waals surface area contributed by atoms with Crippen LogP contribution in [0.1, 0.15) is 5.69 Å². The Hall–Kier alpha value is -1.45. The summed E-state index contributed by atoms with van der Waals surface area (Å²) in [5.74, 6) is 0. The van der Waals surface area contributed by atoms with Gasteiger partial charge >= 0.3 is 0 Å². The van der Waals surface area contributed by atoms with Crippen LogP contribution in [0.2, 0.25) is 0 Å². The Bertz CT molecular complexity index is 355. The highest BCUT2D eigenvalue weighted by atomic mass is 16.5. The highest BCUT2D eigenvalue weighted by Gasteiger charge is 2.01. The molecule has 0 atom stereocenters. The summed E-state index contributed by atoms with van der Waals surface area (Å²) < 4.78 is 4.85. The number of hydrogen-bond donors (Lipinski definition) is 0. The summed E-state index contributed by atoms with van der Waals surface area (Å²) in [6.07, 6.45) is 3.13. The lowest BCUT2D eigenvalue weighted by molar-refractivity contribution is 0.442. The van der Waals surface area contributed by atoms with Gasteiger partial charge in [-0.3, -0.25) is 0 Å². The first-order valence-electron chi connectivity index (χ1n) is 2.90. The van der Waals surface area contributed by atoms with Gasteiger partial charge in [0.15, 0.2) is 0 Å². The molecule has 0 spiro atoms. The second kappa shape index (κ2) is 1.76. The molecular formula is C6H5N3O. The van der Waals surface area contributed by atoms with Crippen LogP contribution in [-0.2, 0) is 0 Å². The lowest BCUT2D eigenvalue weighted by Crippen LogP contribution is -1.75. The van der Waals surface area contributed by atoms with Crippen LogP contribution < -0.4 is 0 Å². The molecule has 50 valence electrons. The zero-order valence-electron chi connectivity index (χ0n) is 5.40. The summed E-state index contributed by atoms with van der Waals surface area (Å²) in [5, 5.41) is 4.60. The van der Waals surface area contributed by atoms with Gasteiger partial charge in [0, 0.05) is 6.20 Å². The molecule has 0 aliphatic rings. The van der Waals surface area contributed by atoms with Gasteiger partial charge in [-0.15, -0.1) is 0 Å². The smallest absolute Gasteiger partial charge is 0.260 e. The maximum Gasteiger partial charge on any atom is 0.260 e. The third-order valence-corrected chi connectivity index (χ3v) is 1.33. The Morgan fingerprint density at radius 1 is 1.50 bits per heavy atom. The molecule has 0 aliphatic heterocycles. The quantitative estimate of drug-likeness (QED) is 0.539. The van der Waals surface area contributed by atoms with Crippen LogP contribution in [0, 0.1) is 6.92 Å². The van der Waals surface area contributed by atoms with E-state index < -0.39 is 0 Å². The van der Waals surface area contributed by atoms with Gasteiger partial charge in [0.05, 0.1) is 11.1 Å². The van der Waals surface area contributed by atoms with Crippen molar-refractivity contribution in [2.75, 3.05) is 0 Å². The van der Waals surface area contributed by atoms with Crippen LogP contribution in [0.15, 0.2) is 17.0 Å². The standard InChI is InChI=1S/C6H5N3O/c1-4-5-2-7-3-8-6(5)10-9-4/h2-3H,1H3. The molecule has 10 heavy (non-hydrogen) atoms. The van der Waals surface area contributed by atoms with Gasteiger partial charge in [-0.2, -0.15) is 4.98 Å². The van der Waals surface area contributed by atoms with Crippen molar-refractivity contribution in [3.05, 3.63) is 18.2 Å². The Morgan fingerprint density at radius 3 is 3.20 bits per heavy atom. The van der Waals surface area contributed by atoms with Gasteiger partial charge in [-0.05, 0) is 6.92 Å². The molecule has 2 heterocycles. The molecule has 0 saturated heterocycles. The van der Waals surface area contributed by atoms with Crippen LogP contribution in [0.25, 0.3) is 11.1 Å². The Kier molecular flexibility index (Phi) is 0.943. The zero-order chi connectivity index (χ0) is 6.97. The van der Waals surface area contributed by atoms with Crippen molar-refractivity contribution < 1.29 is 4.52 Å². The van der Waals surface area contributed by atoms with E-state index in [-0.39, 0.29) is 0 Å². The normalized spacial score (nSPS) is 10.5. The summed E-state index contributed by atoms with van der Waals surface area (Å²) in [7, 11) is 0. The highest BCUT2D eigenvalue weighted by molar-refractivity contribution is 5.73. The number of hydrogen-bond acceptors (Lipinski definition) is 4. The molecule has 0 fully saturated rings. The van der Waals surface area contributed by atoms with Crippen molar-refractivity contribution in [2.24, 2.45) is 0 Å². The molecule has 0 aromatic carbocycles. The fourth-order valence-corrected chi connectivity index (χ4v) is 0.800. The predicted molar refractivity (Wildman–Crippen MR) is 34.3 cm³/mol. The second-order valence-electron chi connectivity index (χ2n) is 2.01. The first-order valence-corrected chi connectivity index (χ1v) is 2.90. The van der Waals surface area contributed by atoms with E-state index in [1.807, 2.05) is 6.92 Å². The van der Waals surface area contributed by atoms with Crippen LogP contribution in [0.3, 0.4) is 0 Å². The lowest BCUT2D eigenvalue weighted by Gasteiger charge is -1.80. The molecule has 4 nitrogen and oxygen atoms in total. The fraction of sp³-hybridized carbons (Fsp3) is 0.167. The number of aryl methyl sites for hydroxylation is 1. The predicted octanol–water partition coefficient (Wildman–Crippen LogP) is 0.926. The van der Waals surface area contributed by atoms with Crippen molar-refractivity contribution in [3.8, 4) is 0 Å². The molecule has 4 heteroatoms. The summed E-state index contributed by atoms with van der Waals surface area (Å²) >= 11 is 0. The van der Waals surface area contributed by atoms with E-state index in [0.717, 1.165) is 11.1 Å². The highest BCUT2D eigenvalue weighted by Crippen LogP contribution is 2.11. The maximum atomic E-state index is 4.85. The second-order valence-corrected chi connectivity index (χ2v) is 2.01. The van der Waals surface area contributed by atoms with Crippen molar-refractivity contribution in [2.45, 2.75) is 6.92 Å². The SMILES string of the molecule is Cc1noc2ncncc12. The van der Waals surface area contributed by atoms with E-state index in [9.17, 15) is 0 Å². The molecular weight excluding hydrogens is 130 g/mol. The summed E-state index contributed by atoms with van der Waals surface area (Å²) in [4.78, 5) is 7.70. The van der Waals surface area contributed by atoms with Crippen molar-refractivity contribution in [1.29, 1.82) is 0 Å². The van der Waals surface area contributed by atoms with Gasteiger partial charge in [-0.25, -0.2) is 4.98 Å². The number of aromatic nitrogens is 3. The van der Waals surface area contributed by atoms with Crippen molar-refractivity contribution >= 4 is 11.1 Å². The molecule has 2 rings (SSSR count). The van der Waals surface area contributed by atoms with E-state index in [1.54, 1.807) is 6.20 Å².